The van der Waals surface area contributed by atoms with Crippen molar-refractivity contribution in [2.24, 2.45) is 7.05 Å². The molecule has 130 valence electrons. The van der Waals surface area contributed by atoms with Gasteiger partial charge in [-0.25, -0.2) is 4.39 Å². The number of methoxy groups -OCH3 is 1. The van der Waals surface area contributed by atoms with E-state index in [1.807, 2.05) is 13.8 Å². The molecule has 0 unspecified atom stereocenters. The van der Waals surface area contributed by atoms with E-state index in [1.54, 1.807) is 28.8 Å². The monoisotopic (exact) mass is 333 g/mol. The van der Waals surface area contributed by atoms with Crippen molar-refractivity contribution < 1.29 is 13.9 Å². The minimum atomic E-state index is -0.363. The van der Waals surface area contributed by atoms with E-state index < -0.39 is 0 Å². The van der Waals surface area contributed by atoms with Gasteiger partial charge in [0.15, 0.2) is 5.69 Å². The molecule has 0 aliphatic carbocycles. The van der Waals surface area contributed by atoms with E-state index in [2.05, 4.69) is 5.10 Å². The van der Waals surface area contributed by atoms with Crippen LogP contribution < -0.4 is 4.74 Å². The molecule has 0 fully saturated rings. The first-order valence-corrected chi connectivity index (χ1v) is 8.19. The van der Waals surface area contributed by atoms with E-state index in [4.69, 9.17) is 4.74 Å². The van der Waals surface area contributed by atoms with Crippen molar-refractivity contribution in [2.75, 3.05) is 20.2 Å². The van der Waals surface area contributed by atoms with Crippen molar-refractivity contribution in [3.63, 3.8) is 0 Å². The molecule has 0 radical (unpaired) electrons. The topological polar surface area (TPSA) is 47.4 Å². The Labute approximate surface area is 142 Å². The lowest BCUT2D eigenvalue weighted by molar-refractivity contribution is 0.0749. The summed E-state index contributed by atoms with van der Waals surface area (Å²) in [6.45, 7) is 5.47. The van der Waals surface area contributed by atoms with Crippen LogP contribution in [0.2, 0.25) is 0 Å². The van der Waals surface area contributed by atoms with Crippen LogP contribution in [0, 0.1) is 5.82 Å². The summed E-state index contributed by atoms with van der Waals surface area (Å²) in [4.78, 5) is 14.5. The average Bonchev–Trinajstić information content (AvgIpc) is 2.95. The minimum absolute atomic E-state index is 0.101. The molecule has 0 aliphatic rings. The molecule has 24 heavy (non-hydrogen) atoms. The quantitative estimate of drug-likeness (QED) is 0.779. The number of carbonyl (C=O) groups is 1. The van der Waals surface area contributed by atoms with Gasteiger partial charge in [-0.1, -0.05) is 13.8 Å². The molecule has 2 rings (SSSR count). The Morgan fingerprint density at radius 1 is 1.25 bits per heavy atom. The average molecular weight is 333 g/mol. The van der Waals surface area contributed by atoms with Crippen LogP contribution in [-0.2, 0) is 7.05 Å². The molecular formula is C18H24FN3O2. The van der Waals surface area contributed by atoms with Crippen LogP contribution in [0.25, 0.3) is 11.3 Å². The highest BCUT2D eigenvalue weighted by Crippen LogP contribution is 2.31. The van der Waals surface area contributed by atoms with Crippen molar-refractivity contribution in [3.8, 4) is 17.0 Å². The molecule has 1 aromatic heterocycles. The van der Waals surface area contributed by atoms with E-state index in [1.165, 1.54) is 19.2 Å². The van der Waals surface area contributed by atoms with Crippen molar-refractivity contribution in [3.05, 3.63) is 35.8 Å². The van der Waals surface area contributed by atoms with Crippen LogP contribution in [0.5, 0.6) is 5.75 Å². The Morgan fingerprint density at radius 3 is 2.50 bits per heavy atom. The zero-order chi connectivity index (χ0) is 17.7. The summed E-state index contributed by atoms with van der Waals surface area (Å²) in [5, 5.41) is 4.32. The number of amides is 1. The second-order valence-corrected chi connectivity index (χ2v) is 5.68. The lowest BCUT2D eigenvalue weighted by Crippen LogP contribution is -2.32. The molecule has 0 N–H and O–H groups in total. The van der Waals surface area contributed by atoms with Gasteiger partial charge in [0.2, 0.25) is 0 Å². The molecule has 1 amide bonds. The molecule has 2 aromatic rings. The maximum absolute atomic E-state index is 13.6. The number of benzene rings is 1. The highest BCUT2D eigenvalue weighted by atomic mass is 19.1. The summed E-state index contributed by atoms with van der Waals surface area (Å²) >= 11 is 0. The zero-order valence-electron chi connectivity index (χ0n) is 14.7. The Morgan fingerprint density at radius 2 is 1.92 bits per heavy atom. The van der Waals surface area contributed by atoms with E-state index >= 15 is 0 Å². The highest BCUT2D eigenvalue weighted by Gasteiger charge is 2.20. The van der Waals surface area contributed by atoms with Gasteiger partial charge in [-0.05, 0) is 37.1 Å². The summed E-state index contributed by atoms with van der Waals surface area (Å²) in [6, 6.07) is 5.99. The first-order chi connectivity index (χ1) is 11.5. The van der Waals surface area contributed by atoms with Crippen molar-refractivity contribution >= 4 is 5.91 Å². The van der Waals surface area contributed by atoms with Gasteiger partial charge in [-0.2, -0.15) is 5.10 Å². The maximum Gasteiger partial charge on any atom is 0.274 e. The Balaban J connectivity index is 2.40. The molecule has 0 saturated carbocycles. The zero-order valence-corrected chi connectivity index (χ0v) is 14.7. The number of hydrogen-bond donors (Lipinski definition) is 0. The smallest absolute Gasteiger partial charge is 0.274 e. The van der Waals surface area contributed by atoms with E-state index in [0.29, 0.717) is 35.8 Å². The molecule has 0 spiro atoms. The lowest BCUT2D eigenvalue weighted by Gasteiger charge is -2.20. The molecule has 6 heteroatoms. The number of carbonyl (C=O) groups excluding carboxylic acids is 1. The third-order valence-corrected chi connectivity index (χ3v) is 3.81. The molecular weight excluding hydrogens is 309 g/mol. The fraction of sp³-hybridized carbons (Fsp3) is 0.444. The predicted octanol–water partition coefficient (Wildman–Crippen LogP) is 3.50. The van der Waals surface area contributed by atoms with Crippen LogP contribution >= 0.6 is 0 Å². The number of halogens is 1. The predicted molar refractivity (Wildman–Crippen MR) is 91.6 cm³/mol. The fourth-order valence-electron chi connectivity index (χ4n) is 2.72. The number of aryl methyl sites for hydroxylation is 1. The molecule has 0 aliphatic heterocycles. The Hall–Kier alpha value is -2.37. The highest BCUT2D eigenvalue weighted by molar-refractivity contribution is 5.93. The second kappa shape index (κ2) is 7.95. The minimum Gasteiger partial charge on any atom is -0.496 e. The first-order valence-electron chi connectivity index (χ1n) is 8.19. The van der Waals surface area contributed by atoms with Crippen LogP contribution in [0.3, 0.4) is 0 Å². The summed E-state index contributed by atoms with van der Waals surface area (Å²) in [5.74, 6) is 0.0757. The van der Waals surface area contributed by atoms with Crippen LogP contribution in [0.15, 0.2) is 24.3 Å². The largest absolute Gasteiger partial charge is 0.496 e. The van der Waals surface area contributed by atoms with Crippen LogP contribution in [0.1, 0.15) is 37.2 Å². The van der Waals surface area contributed by atoms with Gasteiger partial charge in [-0.15, -0.1) is 0 Å². The first kappa shape index (κ1) is 18.0. The summed E-state index contributed by atoms with van der Waals surface area (Å²) in [5.41, 5.74) is 1.58. The SMILES string of the molecule is CCCN(CCC)C(=O)c1cc(-c2cc(F)ccc2OC)n(C)n1. The van der Waals surface area contributed by atoms with Crippen LogP contribution in [-0.4, -0.2) is 40.8 Å². The molecule has 5 nitrogen and oxygen atoms in total. The number of ether oxygens (including phenoxy) is 1. The van der Waals surface area contributed by atoms with E-state index in [-0.39, 0.29) is 11.7 Å². The number of aromatic nitrogens is 2. The van der Waals surface area contributed by atoms with Crippen molar-refractivity contribution in [2.45, 2.75) is 26.7 Å². The standard InChI is InChI=1S/C18H24FN3O2/c1-5-9-22(10-6-2)18(23)15-12-16(21(3)20-15)14-11-13(19)7-8-17(14)24-4/h7-8,11-12H,5-6,9-10H2,1-4H3. The number of nitrogens with zero attached hydrogens (tertiary/aromatic N) is 3. The van der Waals surface area contributed by atoms with Gasteiger partial charge in [0, 0.05) is 25.7 Å². The third-order valence-electron chi connectivity index (χ3n) is 3.81. The van der Waals surface area contributed by atoms with Gasteiger partial charge in [-0.3, -0.25) is 9.48 Å². The van der Waals surface area contributed by atoms with Crippen molar-refractivity contribution in [1.82, 2.24) is 14.7 Å². The molecule has 0 bridgehead atoms. The maximum atomic E-state index is 13.6. The van der Waals surface area contributed by atoms with Gasteiger partial charge in [0.1, 0.15) is 11.6 Å². The molecule has 0 atom stereocenters. The van der Waals surface area contributed by atoms with Crippen molar-refractivity contribution in [1.29, 1.82) is 0 Å². The van der Waals surface area contributed by atoms with Crippen LogP contribution in [0.4, 0.5) is 4.39 Å². The van der Waals surface area contributed by atoms with Gasteiger partial charge < -0.3 is 9.64 Å². The van der Waals surface area contributed by atoms with Gasteiger partial charge >= 0.3 is 0 Å². The molecule has 1 heterocycles. The molecule has 1 aromatic carbocycles. The van der Waals surface area contributed by atoms with E-state index in [9.17, 15) is 9.18 Å². The summed E-state index contributed by atoms with van der Waals surface area (Å²) in [7, 11) is 3.27. The Kier molecular flexibility index (Phi) is 5.95. The molecule has 0 saturated heterocycles. The lowest BCUT2D eigenvalue weighted by atomic mass is 10.1. The van der Waals surface area contributed by atoms with Gasteiger partial charge in [0.05, 0.1) is 12.8 Å². The fourth-order valence-corrected chi connectivity index (χ4v) is 2.72. The second-order valence-electron chi connectivity index (χ2n) is 5.68. The Bertz CT molecular complexity index is 706. The number of hydrogen-bond acceptors (Lipinski definition) is 3. The normalized spacial score (nSPS) is 10.7. The number of rotatable bonds is 7. The third kappa shape index (κ3) is 3.75. The van der Waals surface area contributed by atoms with Gasteiger partial charge in [0.25, 0.3) is 5.91 Å². The summed E-state index contributed by atoms with van der Waals surface area (Å²) in [6.07, 6.45) is 1.78. The van der Waals surface area contributed by atoms with E-state index in [0.717, 1.165) is 12.8 Å². The summed E-state index contributed by atoms with van der Waals surface area (Å²) < 4.78 is 20.5.